The number of guanidine groups is 1. The maximum absolute atomic E-state index is 6.09. The van der Waals surface area contributed by atoms with E-state index in [9.17, 15) is 0 Å². The summed E-state index contributed by atoms with van der Waals surface area (Å²) in [4.78, 5) is 6.55. The first-order valence-electron chi connectivity index (χ1n) is 11.2. The Morgan fingerprint density at radius 3 is 2.52 bits per heavy atom. The van der Waals surface area contributed by atoms with E-state index < -0.39 is 0 Å². The molecule has 0 aliphatic carbocycles. The first kappa shape index (κ1) is 28.0. The van der Waals surface area contributed by atoms with E-state index in [1.165, 1.54) is 12.0 Å². The summed E-state index contributed by atoms with van der Waals surface area (Å²) in [7, 11) is 5.98. The molecule has 2 rings (SSSR count). The van der Waals surface area contributed by atoms with E-state index in [1.807, 2.05) is 19.2 Å². The summed E-state index contributed by atoms with van der Waals surface area (Å²) in [6.07, 6.45) is 3.64. The second-order valence-electron chi connectivity index (χ2n) is 9.52. The number of benzene rings is 1. The van der Waals surface area contributed by atoms with Crippen molar-refractivity contribution in [1.29, 1.82) is 0 Å². The SMILES string of the molecule is CN=C(NCc1ccc(OCCCN(C)C)cc1)NCC1CCCOC1C(C)(C)C.I. The lowest BCUT2D eigenvalue weighted by atomic mass is 9.78. The first-order valence-corrected chi connectivity index (χ1v) is 11.2. The Balaban J connectivity index is 0.00000480. The topological polar surface area (TPSA) is 58.1 Å². The molecule has 1 saturated heterocycles. The van der Waals surface area contributed by atoms with Crippen LogP contribution in [-0.2, 0) is 11.3 Å². The van der Waals surface area contributed by atoms with Gasteiger partial charge in [-0.15, -0.1) is 24.0 Å². The fourth-order valence-corrected chi connectivity index (χ4v) is 3.92. The van der Waals surface area contributed by atoms with Crippen molar-refractivity contribution in [3.8, 4) is 5.75 Å². The summed E-state index contributed by atoms with van der Waals surface area (Å²) in [5.74, 6) is 2.25. The van der Waals surface area contributed by atoms with Gasteiger partial charge in [-0.2, -0.15) is 0 Å². The van der Waals surface area contributed by atoms with Crippen LogP contribution in [0.25, 0.3) is 0 Å². The lowest BCUT2D eigenvalue weighted by Crippen LogP contribution is -2.47. The monoisotopic (exact) mass is 546 g/mol. The first-order chi connectivity index (χ1) is 14.3. The Morgan fingerprint density at radius 1 is 1.19 bits per heavy atom. The van der Waals surface area contributed by atoms with Crippen molar-refractivity contribution in [2.45, 2.75) is 52.7 Å². The van der Waals surface area contributed by atoms with Gasteiger partial charge in [-0.3, -0.25) is 4.99 Å². The van der Waals surface area contributed by atoms with Crippen LogP contribution in [0.15, 0.2) is 29.3 Å². The fourth-order valence-electron chi connectivity index (χ4n) is 3.92. The van der Waals surface area contributed by atoms with Crippen LogP contribution in [0.1, 0.15) is 45.6 Å². The summed E-state index contributed by atoms with van der Waals surface area (Å²) in [6.45, 7) is 11.0. The van der Waals surface area contributed by atoms with Crippen molar-refractivity contribution in [3.05, 3.63) is 29.8 Å². The minimum atomic E-state index is 0. The second kappa shape index (κ2) is 14.2. The summed E-state index contributed by atoms with van der Waals surface area (Å²) in [5.41, 5.74) is 1.35. The molecule has 2 unspecified atom stereocenters. The average molecular weight is 547 g/mol. The largest absolute Gasteiger partial charge is 0.494 e. The van der Waals surface area contributed by atoms with Crippen LogP contribution in [0.4, 0.5) is 0 Å². The maximum atomic E-state index is 6.09. The summed E-state index contributed by atoms with van der Waals surface area (Å²) in [6, 6.07) is 8.28. The number of halogens is 1. The zero-order chi connectivity index (χ0) is 22.0. The molecule has 6 nitrogen and oxygen atoms in total. The van der Waals surface area contributed by atoms with Crippen molar-refractivity contribution in [2.24, 2.45) is 16.3 Å². The molecule has 1 aliphatic rings. The van der Waals surface area contributed by atoms with Crippen molar-refractivity contribution >= 4 is 29.9 Å². The standard InChI is InChI=1S/C24H42N4O2.HI/c1-24(2,3)22-20(9-7-15-30-22)18-27-23(25-4)26-17-19-10-12-21(13-11-19)29-16-8-14-28(5)6;/h10-13,20,22H,7-9,14-18H2,1-6H3,(H2,25,26,27);1H. The van der Waals surface area contributed by atoms with Crippen LogP contribution >= 0.6 is 24.0 Å². The van der Waals surface area contributed by atoms with Gasteiger partial charge in [-0.1, -0.05) is 32.9 Å². The zero-order valence-electron chi connectivity index (χ0n) is 20.2. The van der Waals surface area contributed by atoms with E-state index in [2.05, 4.69) is 67.5 Å². The van der Waals surface area contributed by atoms with E-state index in [0.29, 0.717) is 5.92 Å². The number of aliphatic imine (C=N–C) groups is 1. The highest BCUT2D eigenvalue weighted by Crippen LogP contribution is 2.33. The predicted octanol–water partition coefficient (Wildman–Crippen LogP) is 4.14. The van der Waals surface area contributed by atoms with E-state index in [1.54, 1.807) is 0 Å². The Kier molecular flexibility index (Phi) is 12.8. The minimum Gasteiger partial charge on any atom is -0.494 e. The molecule has 0 saturated carbocycles. The van der Waals surface area contributed by atoms with Gasteiger partial charge in [0.15, 0.2) is 5.96 Å². The minimum absolute atomic E-state index is 0. The predicted molar refractivity (Wildman–Crippen MR) is 141 cm³/mol. The quantitative estimate of drug-likeness (QED) is 0.211. The zero-order valence-corrected chi connectivity index (χ0v) is 22.6. The van der Waals surface area contributed by atoms with Crippen LogP contribution in [0.2, 0.25) is 0 Å². The molecule has 2 atom stereocenters. The lowest BCUT2D eigenvalue weighted by molar-refractivity contribution is -0.0835. The number of hydrogen-bond donors (Lipinski definition) is 2. The van der Waals surface area contributed by atoms with Crippen molar-refractivity contribution in [1.82, 2.24) is 15.5 Å². The van der Waals surface area contributed by atoms with Crippen molar-refractivity contribution < 1.29 is 9.47 Å². The molecule has 1 aromatic rings. The van der Waals surface area contributed by atoms with Gasteiger partial charge < -0.3 is 25.0 Å². The van der Waals surface area contributed by atoms with Crippen LogP contribution < -0.4 is 15.4 Å². The number of rotatable bonds is 9. The van der Waals surface area contributed by atoms with E-state index in [0.717, 1.165) is 57.4 Å². The Bertz CT molecular complexity index is 644. The molecule has 2 N–H and O–H groups in total. The number of nitrogens with one attached hydrogen (secondary N) is 2. The van der Waals surface area contributed by atoms with Crippen LogP contribution in [0.5, 0.6) is 5.75 Å². The lowest BCUT2D eigenvalue weighted by Gasteiger charge is -2.40. The summed E-state index contributed by atoms with van der Waals surface area (Å²) >= 11 is 0. The van der Waals surface area contributed by atoms with E-state index >= 15 is 0 Å². The molecule has 0 amide bonds. The Labute approximate surface area is 206 Å². The molecule has 1 aromatic carbocycles. The number of ether oxygens (including phenoxy) is 2. The third-order valence-corrected chi connectivity index (χ3v) is 5.46. The Hall–Kier alpha value is -1.06. The second-order valence-corrected chi connectivity index (χ2v) is 9.52. The van der Waals surface area contributed by atoms with Gasteiger partial charge in [0.25, 0.3) is 0 Å². The highest BCUT2D eigenvalue weighted by molar-refractivity contribution is 14.0. The highest BCUT2D eigenvalue weighted by atomic mass is 127. The molecule has 178 valence electrons. The van der Waals surface area contributed by atoms with Crippen molar-refractivity contribution in [2.75, 3.05) is 47.4 Å². The number of hydrogen-bond acceptors (Lipinski definition) is 4. The molecule has 0 aromatic heterocycles. The smallest absolute Gasteiger partial charge is 0.191 e. The summed E-state index contributed by atoms with van der Waals surface area (Å²) < 4.78 is 11.9. The van der Waals surface area contributed by atoms with Gasteiger partial charge >= 0.3 is 0 Å². The third kappa shape index (κ3) is 10.4. The molecule has 1 heterocycles. The highest BCUT2D eigenvalue weighted by Gasteiger charge is 2.35. The molecule has 0 radical (unpaired) electrons. The average Bonchev–Trinajstić information content (AvgIpc) is 2.71. The summed E-state index contributed by atoms with van der Waals surface area (Å²) in [5, 5.41) is 6.91. The number of nitrogens with zero attached hydrogens (tertiary/aromatic N) is 2. The van der Waals surface area contributed by atoms with Crippen LogP contribution in [0.3, 0.4) is 0 Å². The molecule has 0 bridgehead atoms. The van der Waals surface area contributed by atoms with Crippen LogP contribution in [0, 0.1) is 11.3 Å². The molecule has 7 heteroatoms. The third-order valence-electron chi connectivity index (χ3n) is 5.46. The van der Waals surface area contributed by atoms with E-state index in [-0.39, 0.29) is 35.5 Å². The van der Waals surface area contributed by atoms with Crippen molar-refractivity contribution in [3.63, 3.8) is 0 Å². The van der Waals surface area contributed by atoms with Gasteiger partial charge in [0.2, 0.25) is 0 Å². The van der Waals surface area contributed by atoms with Gasteiger partial charge in [0.05, 0.1) is 12.7 Å². The fraction of sp³-hybridized carbons (Fsp3) is 0.708. The van der Waals surface area contributed by atoms with Gasteiger partial charge in [0, 0.05) is 39.2 Å². The molecule has 1 fully saturated rings. The van der Waals surface area contributed by atoms with Gasteiger partial charge in [-0.25, -0.2) is 0 Å². The van der Waals surface area contributed by atoms with Crippen LogP contribution in [-0.4, -0.2) is 64.4 Å². The maximum Gasteiger partial charge on any atom is 0.191 e. The molecular formula is C24H43IN4O2. The van der Waals surface area contributed by atoms with E-state index in [4.69, 9.17) is 9.47 Å². The Morgan fingerprint density at radius 2 is 1.90 bits per heavy atom. The molecule has 31 heavy (non-hydrogen) atoms. The van der Waals surface area contributed by atoms with Gasteiger partial charge in [-0.05, 0) is 56.5 Å². The van der Waals surface area contributed by atoms with Gasteiger partial charge in [0.1, 0.15) is 5.75 Å². The normalized spacial score (nSPS) is 19.6. The molecule has 1 aliphatic heterocycles. The molecular weight excluding hydrogens is 503 g/mol. The molecule has 0 spiro atoms.